The van der Waals surface area contributed by atoms with Gasteiger partial charge in [0.1, 0.15) is 6.61 Å². The van der Waals surface area contributed by atoms with Gasteiger partial charge in [0.05, 0.1) is 41.5 Å². The third-order valence-corrected chi connectivity index (χ3v) is 5.23. The first-order valence-electron chi connectivity index (χ1n) is 9.13. The molecule has 2 aromatic carbocycles. The van der Waals surface area contributed by atoms with Gasteiger partial charge in [0.25, 0.3) is 5.56 Å². The van der Waals surface area contributed by atoms with Crippen molar-refractivity contribution in [3.8, 4) is 11.5 Å². The van der Waals surface area contributed by atoms with E-state index in [1.165, 1.54) is 25.1 Å². The van der Waals surface area contributed by atoms with Gasteiger partial charge in [-0.1, -0.05) is 29.3 Å². The molecule has 9 heteroatoms. The van der Waals surface area contributed by atoms with Crippen LogP contribution < -0.4 is 15.0 Å². The standard InChI is InChI=1S/C21H20Cl2N2O5/c1-28-18-9-14-17(10-19(18)29-2)24-12-25(21(14)27)7-3-4-20(26)30-11-13-5-6-15(22)16(23)8-13/h5-6,8-10,12H,3-4,7,11H2,1-2H3. The van der Waals surface area contributed by atoms with Crippen molar-refractivity contribution in [1.82, 2.24) is 9.55 Å². The monoisotopic (exact) mass is 450 g/mol. The van der Waals surface area contributed by atoms with Crippen LogP contribution in [0.1, 0.15) is 18.4 Å². The zero-order valence-corrected chi connectivity index (χ0v) is 18.0. The van der Waals surface area contributed by atoms with Crippen LogP contribution >= 0.6 is 23.2 Å². The van der Waals surface area contributed by atoms with Crippen LogP contribution in [0.2, 0.25) is 10.0 Å². The first kappa shape index (κ1) is 21.9. The summed E-state index contributed by atoms with van der Waals surface area (Å²) in [6, 6.07) is 8.30. The minimum Gasteiger partial charge on any atom is -0.493 e. The lowest BCUT2D eigenvalue weighted by molar-refractivity contribution is -0.145. The summed E-state index contributed by atoms with van der Waals surface area (Å²) in [5, 5.41) is 1.26. The van der Waals surface area contributed by atoms with Gasteiger partial charge < -0.3 is 14.2 Å². The number of hydrogen-bond donors (Lipinski definition) is 0. The number of benzene rings is 2. The Bertz CT molecular complexity index is 1130. The molecule has 0 aliphatic carbocycles. The van der Waals surface area contributed by atoms with Crippen molar-refractivity contribution in [2.24, 2.45) is 0 Å². The fraction of sp³-hybridized carbons (Fsp3) is 0.286. The Morgan fingerprint density at radius 3 is 2.50 bits per heavy atom. The quantitative estimate of drug-likeness (QED) is 0.477. The summed E-state index contributed by atoms with van der Waals surface area (Å²) in [5.74, 6) is 0.584. The molecule has 0 saturated carbocycles. The minimum atomic E-state index is -0.366. The third kappa shape index (κ3) is 5.04. The SMILES string of the molecule is COc1cc2ncn(CCCC(=O)OCc3ccc(Cl)c(Cl)c3)c(=O)c2cc1OC. The molecule has 3 aromatic rings. The maximum Gasteiger partial charge on any atom is 0.306 e. The molecular formula is C21H20Cl2N2O5. The predicted octanol–water partition coefficient (Wildman–Crippen LogP) is 4.24. The van der Waals surface area contributed by atoms with Crippen molar-refractivity contribution in [3.05, 3.63) is 62.6 Å². The Kier molecular flexibility index (Phi) is 7.18. The average Bonchev–Trinajstić information content (AvgIpc) is 2.75. The Morgan fingerprint density at radius 1 is 1.07 bits per heavy atom. The number of aromatic nitrogens is 2. The van der Waals surface area contributed by atoms with Gasteiger partial charge in [-0.25, -0.2) is 4.98 Å². The van der Waals surface area contributed by atoms with Crippen molar-refractivity contribution < 1.29 is 19.0 Å². The van der Waals surface area contributed by atoms with E-state index in [0.29, 0.717) is 45.4 Å². The summed E-state index contributed by atoms with van der Waals surface area (Å²) in [4.78, 5) is 29.0. The van der Waals surface area contributed by atoms with Crippen LogP contribution in [0.3, 0.4) is 0 Å². The molecule has 0 atom stereocenters. The molecule has 3 rings (SSSR count). The summed E-state index contributed by atoms with van der Waals surface area (Å²) in [6.07, 6.45) is 2.05. The maximum absolute atomic E-state index is 12.7. The Hall–Kier alpha value is -2.77. The first-order valence-corrected chi connectivity index (χ1v) is 9.89. The van der Waals surface area contributed by atoms with E-state index < -0.39 is 0 Å². The lowest BCUT2D eigenvalue weighted by Crippen LogP contribution is -2.21. The number of carbonyl (C=O) groups is 1. The molecule has 0 saturated heterocycles. The van der Waals surface area contributed by atoms with Crippen LogP contribution in [0, 0.1) is 0 Å². The molecule has 0 N–H and O–H groups in total. The molecule has 0 spiro atoms. The molecular weight excluding hydrogens is 431 g/mol. The second-order valence-corrected chi connectivity index (χ2v) is 7.29. The number of aryl methyl sites for hydroxylation is 1. The van der Waals surface area contributed by atoms with Gasteiger partial charge >= 0.3 is 5.97 Å². The van der Waals surface area contributed by atoms with Crippen molar-refractivity contribution in [1.29, 1.82) is 0 Å². The van der Waals surface area contributed by atoms with E-state index in [9.17, 15) is 9.59 Å². The van der Waals surface area contributed by atoms with Crippen LogP contribution in [0.25, 0.3) is 10.9 Å². The molecule has 158 valence electrons. The Balaban J connectivity index is 1.60. The first-order chi connectivity index (χ1) is 14.4. The molecule has 0 aliphatic rings. The predicted molar refractivity (Wildman–Crippen MR) is 115 cm³/mol. The van der Waals surface area contributed by atoms with Crippen LogP contribution in [0.5, 0.6) is 11.5 Å². The highest BCUT2D eigenvalue weighted by Gasteiger charge is 2.12. The number of methoxy groups -OCH3 is 2. The Labute approximate surface area is 183 Å². The highest BCUT2D eigenvalue weighted by molar-refractivity contribution is 6.42. The smallest absolute Gasteiger partial charge is 0.306 e. The number of esters is 1. The summed E-state index contributed by atoms with van der Waals surface area (Å²) >= 11 is 11.8. The van der Waals surface area contributed by atoms with Crippen molar-refractivity contribution in [2.75, 3.05) is 14.2 Å². The van der Waals surface area contributed by atoms with Gasteiger partial charge in [-0.15, -0.1) is 0 Å². The van der Waals surface area contributed by atoms with E-state index in [2.05, 4.69) is 4.98 Å². The highest BCUT2D eigenvalue weighted by atomic mass is 35.5. The molecule has 7 nitrogen and oxygen atoms in total. The van der Waals surface area contributed by atoms with Gasteiger partial charge in [0, 0.05) is 19.0 Å². The molecule has 0 bridgehead atoms. The summed E-state index contributed by atoms with van der Waals surface area (Å²) in [6.45, 7) is 0.437. The third-order valence-electron chi connectivity index (χ3n) is 4.49. The van der Waals surface area contributed by atoms with E-state index in [1.807, 2.05) is 0 Å². The number of nitrogens with zero attached hydrogens (tertiary/aromatic N) is 2. The van der Waals surface area contributed by atoms with E-state index in [-0.39, 0.29) is 24.6 Å². The Morgan fingerprint density at radius 2 is 1.80 bits per heavy atom. The van der Waals surface area contributed by atoms with Gasteiger partial charge in [0.2, 0.25) is 0 Å². The second kappa shape index (κ2) is 9.82. The normalized spacial score (nSPS) is 10.8. The zero-order chi connectivity index (χ0) is 21.7. The largest absolute Gasteiger partial charge is 0.493 e. The van der Waals surface area contributed by atoms with Gasteiger partial charge in [0.15, 0.2) is 11.5 Å². The molecule has 0 aliphatic heterocycles. The van der Waals surface area contributed by atoms with E-state index in [1.54, 1.807) is 30.3 Å². The lowest BCUT2D eigenvalue weighted by atomic mass is 10.2. The van der Waals surface area contributed by atoms with Gasteiger partial charge in [-0.3, -0.25) is 14.2 Å². The number of rotatable bonds is 8. The highest BCUT2D eigenvalue weighted by Crippen LogP contribution is 2.29. The topological polar surface area (TPSA) is 79.7 Å². The number of hydrogen-bond acceptors (Lipinski definition) is 6. The molecule has 0 amide bonds. The summed E-state index contributed by atoms with van der Waals surface area (Å²) in [7, 11) is 3.02. The van der Waals surface area contributed by atoms with Crippen LogP contribution in [-0.2, 0) is 22.7 Å². The number of halogens is 2. The van der Waals surface area contributed by atoms with Gasteiger partial charge in [-0.05, 0) is 30.2 Å². The molecule has 0 fully saturated rings. The second-order valence-electron chi connectivity index (χ2n) is 6.48. The van der Waals surface area contributed by atoms with Crippen LogP contribution in [-0.4, -0.2) is 29.7 Å². The molecule has 30 heavy (non-hydrogen) atoms. The van der Waals surface area contributed by atoms with E-state index in [4.69, 9.17) is 37.4 Å². The fourth-order valence-electron chi connectivity index (χ4n) is 2.90. The van der Waals surface area contributed by atoms with Crippen LogP contribution in [0.4, 0.5) is 0 Å². The van der Waals surface area contributed by atoms with Crippen molar-refractivity contribution >= 4 is 40.1 Å². The maximum atomic E-state index is 12.7. The van der Waals surface area contributed by atoms with E-state index >= 15 is 0 Å². The zero-order valence-electron chi connectivity index (χ0n) is 16.5. The molecule has 1 heterocycles. The number of carbonyl (C=O) groups excluding carboxylic acids is 1. The number of ether oxygens (including phenoxy) is 3. The number of fused-ring (bicyclic) bond motifs is 1. The molecule has 0 unspecified atom stereocenters. The lowest BCUT2D eigenvalue weighted by Gasteiger charge is -2.10. The van der Waals surface area contributed by atoms with Crippen molar-refractivity contribution in [2.45, 2.75) is 26.0 Å². The molecule has 1 aromatic heterocycles. The fourth-order valence-corrected chi connectivity index (χ4v) is 3.22. The average molecular weight is 451 g/mol. The molecule has 0 radical (unpaired) electrons. The minimum absolute atomic E-state index is 0.106. The van der Waals surface area contributed by atoms with Gasteiger partial charge in [-0.2, -0.15) is 0 Å². The summed E-state index contributed by atoms with van der Waals surface area (Å²) in [5.41, 5.74) is 1.04. The summed E-state index contributed by atoms with van der Waals surface area (Å²) < 4.78 is 17.2. The van der Waals surface area contributed by atoms with Crippen LogP contribution in [0.15, 0.2) is 41.5 Å². The van der Waals surface area contributed by atoms with E-state index in [0.717, 1.165) is 5.56 Å². The van der Waals surface area contributed by atoms with Crippen molar-refractivity contribution in [3.63, 3.8) is 0 Å².